The molecule has 0 bridgehead atoms. The fourth-order valence-electron chi connectivity index (χ4n) is 2.13. The van der Waals surface area contributed by atoms with Crippen molar-refractivity contribution >= 4 is 45.4 Å². The Labute approximate surface area is 150 Å². The van der Waals surface area contributed by atoms with Crippen LogP contribution in [-0.4, -0.2) is 17.4 Å². The second-order valence-corrected chi connectivity index (χ2v) is 7.56. The first-order valence-corrected chi connectivity index (χ1v) is 9.15. The van der Waals surface area contributed by atoms with Crippen LogP contribution in [0, 0.1) is 0 Å². The zero-order valence-corrected chi connectivity index (χ0v) is 14.6. The summed E-state index contributed by atoms with van der Waals surface area (Å²) in [5, 5.41) is 1.01. The topological polar surface area (TPSA) is 52.0 Å². The Balaban J connectivity index is 1.98. The molecule has 0 aliphatic heterocycles. The highest BCUT2D eigenvalue weighted by atomic mass is 35.5. The lowest BCUT2D eigenvalue weighted by Crippen LogP contribution is -2.13. The van der Waals surface area contributed by atoms with E-state index in [-0.39, 0.29) is 10.7 Å². The van der Waals surface area contributed by atoms with E-state index in [0.717, 1.165) is 3.97 Å². The van der Waals surface area contributed by atoms with Crippen LogP contribution >= 0.6 is 23.2 Å². The van der Waals surface area contributed by atoms with Crippen molar-refractivity contribution in [1.82, 2.24) is 8.96 Å². The normalized spacial score (nSPS) is 11.9. The van der Waals surface area contributed by atoms with Crippen LogP contribution in [-0.2, 0) is 10.0 Å². The van der Waals surface area contributed by atoms with Crippen molar-refractivity contribution in [2.45, 2.75) is 4.90 Å². The molecule has 4 nitrogen and oxygen atoms in total. The molecule has 0 spiro atoms. The van der Waals surface area contributed by atoms with Crippen LogP contribution in [0.1, 0.15) is 11.4 Å². The van der Waals surface area contributed by atoms with Crippen LogP contribution in [0.4, 0.5) is 0 Å². The van der Waals surface area contributed by atoms with Gasteiger partial charge in [-0.25, -0.2) is 17.4 Å². The summed E-state index contributed by atoms with van der Waals surface area (Å²) >= 11 is 12.0. The first kappa shape index (κ1) is 16.8. The molecule has 0 atom stereocenters. The minimum Gasteiger partial charge on any atom is -0.236 e. The Kier molecular flexibility index (Phi) is 4.76. The fraction of sp³-hybridized carbons (Fsp3) is 0. The minimum absolute atomic E-state index is 0.196. The SMILES string of the molecule is O=S(=O)(c1ccccc1)n1ccnc1/C=C/c1ccc(Cl)cc1Cl. The molecule has 0 saturated carbocycles. The Bertz CT molecular complexity index is 996. The highest BCUT2D eigenvalue weighted by Gasteiger charge is 2.18. The molecule has 1 aromatic heterocycles. The van der Waals surface area contributed by atoms with E-state index in [1.54, 1.807) is 60.7 Å². The molecule has 7 heteroatoms. The van der Waals surface area contributed by atoms with Crippen LogP contribution in [0.25, 0.3) is 12.2 Å². The van der Waals surface area contributed by atoms with Crippen LogP contribution < -0.4 is 0 Å². The van der Waals surface area contributed by atoms with Gasteiger partial charge in [0.2, 0.25) is 0 Å². The Hall–Kier alpha value is -2.08. The molecule has 122 valence electrons. The van der Waals surface area contributed by atoms with Gasteiger partial charge in [-0.15, -0.1) is 0 Å². The largest absolute Gasteiger partial charge is 0.269 e. The lowest BCUT2D eigenvalue weighted by molar-refractivity contribution is 0.587. The number of nitrogens with zero attached hydrogens (tertiary/aromatic N) is 2. The van der Waals surface area contributed by atoms with Gasteiger partial charge in [0.05, 0.1) is 4.90 Å². The molecular formula is C17H12Cl2N2O2S. The summed E-state index contributed by atoms with van der Waals surface area (Å²) in [4.78, 5) is 4.29. The number of imidazole rings is 1. The van der Waals surface area contributed by atoms with E-state index in [0.29, 0.717) is 15.6 Å². The Morgan fingerprint density at radius 1 is 1.00 bits per heavy atom. The van der Waals surface area contributed by atoms with Crippen molar-refractivity contribution in [3.05, 3.63) is 82.4 Å². The summed E-state index contributed by atoms with van der Waals surface area (Å²) in [5.74, 6) is 0.282. The zero-order chi connectivity index (χ0) is 17.2. The monoisotopic (exact) mass is 378 g/mol. The molecule has 0 saturated heterocycles. The third kappa shape index (κ3) is 3.38. The van der Waals surface area contributed by atoms with Gasteiger partial charge in [0, 0.05) is 22.4 Å². The molecule has 0 aliphatic rings. The maximum Gasteiger partial charge on any atom is 0.269 e. The number of hydrogen-bond acceptors (Lipinski definition) is 3. The summed E-state index contributed by atoms with van der Waals surface area (Å²) in [6.45, 7) is 0. The molecular weight excluding hydrogens is 367 g/mol. The molecule has 0 N–H and O–H groups in total. The fourth-order valence-corrected chi connectivity index (χ4v) is 3.90. The number of rotatable bonds is 4. The third-order valence-corrected chi connectivity index (χ3v) is 5.57. The highest BCUT2D eigenvalue weighted by Crippen LogP contribution is 2.23. The second kappa shape index (κ2) is 6.81. The summed E-state index contributed by atoms with van der Waals surface area (Å²) in [6.07, 6.45) is 6.13. The van der Waals surface area contributed by atoms with Gasteiger partial charge in [-0.1, -0.05) is 47.5 Å². The standard InChI is InChI=1S/C17H12Cl2N2O2S/c18-14-8-6-13(16(19)12-14)7-9-17-20-10-11-21(17)24(22,23)15-4-2-1-3-5-15/h1-12H/b9-7+. The van der Waals surface area contributed by atoms with Crippen molar-refractivity contribution < 1.29 is 8.42 Å². The van der Waals surface area contributed by atoms with Crippen LogP contribution in [0.2, 0.25) is 10.0 Å². The predicted octanol–water partition coefficient (Wildman–Crippen LogP) is 4.60. The summed E-state index contributed by atoms with van der Waals surface area (Å²) in [5.41, 5.74) is 0.715. The van der Waals surface area contributed by atoms with Crippen molar-refractivity contribution in [3.8, 4) is 0 Å². The summed E-state index contributed by atoms with van der Waals surface area (Å²) < 4.78 is 26.5. The van der Waals surface area contributed by atoms with Crippen molar-refractivity contribution in [2.24, 2.45) is 0 Å². The lowest BCUT2D eigenvalue weighted by atomic mass is 10.2. The molecule has 1 heterocycles. The van der Waals surface area contributed by atoms with E-state index in [4.69, 9.17) is 23.2 Å². The van der Waals surface area contributed by atoms with Gasteiger partial charge < -0.3 is 0 Å². The van der Waals surface area contributed by atoms with Crippen LogP contribution in [0.5, 0.6) is 0 Å². The predicted molar refractivity (Wildman–Crippen MR) is 96.6 cm³/mol. The molecule has 0 radical (unpaired) electrons. The van der Waals surface area contributed by atoms with E-state index < -0.39 is 10.0 Å². The first-order chi connectivity index (χ1) is 11.5. The van der Waals surface area contributed by atoms with Crippen LogP contribution in [0.3, 0.4) is 0 Å². The smallest absolute Gasteiger partial charge is 0.236 e. The Morgan fingerprint density at radius 2 is 1.75 bits per heavy atom. The van der Waals surface area contributed by atoms with Gasteiger partial charge in [0.25, 0.3) is 10.0 Å². The lowest BCUT2D eigenvalue weighted by Gasteiger charge is -2.07. The maximum atomic E-state index is 12.7. The van der Waals surface area contributed by atoms with Crippen molar-refractivity contribution in [1.29, 1.82) is 0 Å². The first-order valence-electron chi connectivity index (χ1n) is 6.95. The van der Waals surface area contributed by atoms with Gasteiger partial charge in [0.15, 0.2) is 0 Å². The highest BCUT2D eigenvalue weighted by molar-refractivity contribution is 7.90. The minimum atomic E-state index is -3.70. The van der Waals surface area contributed by atoms with Gasteiger partial charge in [-0.05, 0) is 42.0 Å². The van der Waals surface area contributed by atoms with E-state index >= 15 is 0 Å². The second-order valence-electron chi connectivity index (χ2n) is 4.90. The summed E-state index contributed by atoms with van der Waals surface area (Å²) in [7, 11) is -3.70. The molecule has 3 rings (SSSR count). The molecule has 0 aliphatic carbocycles. The van der Waals surface area contributed by atoms with Crippen molar-refractivity contribution in [2.75, 3.05) is 0 Å². The third-order valence-electron chi connectivity index (χ3n) is 3.31. The van der Waals surface area contributed by atoms with E-state index in [9.17, 15) is 8.42 Å². The number of benzene rings is 2. The molecule has 24 heavy (non-hydrogen) atoms. The molecule has 2 aromatic carbocycles. The number of aromatic nitrogens is 2. The zero-order valence-electron chi connectivity index (χ0n) is 12.3. The van der Waals surface area contributed by atoms with Gasteiger partial charge in [-0.3, -0.25) is 0 Å². The number of halogens is 2. The van der Waals surface area contributed by atoms with Crippen LogP contribution in [0.15, 0.2) is 65.8 Å². The molecule has 0 fully saturated rings. The average Bonchev–Trinajstić information content (AvgIpc) is 3.04. The quantitative estimate of drug-likeness (QED) is 0.666. The van der Waals surface area contributed by atoms with Gasteiger partial charge >= 0.3 is 0 Å². The average molecular weight is 379 g/mol. The van der Waals surface area contributed by atoms with E-state index in [1.165, 1.54) is 12.4 Å². The molecule has 0 unspecified atom stereocenters. The number of hydrogen-bond donors (Lipinski definition) is 0. The van der Waals surface area contributed by atoms with Crippen molar-refractivity contribution in [3.63, 3.8) is 0 Å². The van der Waals surface area contributed by atoms with Gasteiger partial charge in [0.1, 0.15) is 5.82 Å². The molecule has 0 amide bonds. The molecule has 3 aromatic rings. The van der Waals surface area contributed by atoms with E-state index in [2.05, 4.69) is 4.98 Å². The maximum absolute atomic E-state index is 12.7. The van der Waals surface area contributed by atoms with Gasteiger partial charge in [-0.2, -0.15) is 0 Å². The Morgan fingerprint density at radius 3 is 2.46 bits per heavy atom. The van der Waals surface area contributed by atoms with E-state index in [1.807, 2.05) is 0 Å². The summed E-state index contributed by atoms with van der Waals surface area (Å²) in [6, 6.07) is 13.3.